The van der Waals surface area contributed by atoms with Gasteiger partial charge in [0.1, 0.15) is 4.90 Å². The van der Waals surface area contributed by atoms with Gasteiger partial charge in [-0.2, -0.15) is 4.31 Å². The molecule has 0 fully saturated rings. The van der Waals surface area contributed by atoms with Crippen LogP contribution in [0.2, 0.25) is 5.02 Å². The topological polar surface area (TPSA) is 55.2 Å². The molecule has 0 radical (unpaired) electrons. The number of benzene rings is 2. The lowest BCUT2D eigenvalue weighted by molar-refractivity contribution is 0.355. The summed E-state index contributed by atoms with van der Waals surface area (Å²) in [6.07, 6.45) is 3.58. The molecule has 7 heteroatoms. The van der Waals surface area contributed by atoms with Gasteiger partial charge in [0.25, 0.3) is 0 Å². The lowest BCUT2D eigenvalue weighted by atomic mass is 10.2. The van der Waals surface area contributed by atoms with E-state index in [4.69, 9.17) is 11.6 Å². The Balaban J connectivity index is 1.70. The van der Waals surface area contributed by atoms with Crippen LogP contribution in [0.25, 0.3) is 10.9 Å². The number of halogens is 1. The minimum absolute atomic E-state index is 0.166. The third-order valence-electron chi connectivity index (χ3n) is 5.34. The Bertz CT molecular complexity index is 1330. The number of para-hydroxylation sites is 1. The van der Waals surface area contributed by atoms with E-state index in [1.54, 1.807) is 22.6 Å². The Hall–Kier alpha value is -2.67. The van der Waals surface area contributed by atoms with Gasteiger partial charge < -0.3 is 4.57 Å². The zero-order valence-corrected chi connectivity index (χ0v) is 19.7. The second kappa shape index (κ2) is 9.45. The number of sulfonamides is 1. The standard InChI is InChI=1S/C25H26ClN3O2S/c1-19(2)16-29(32(30,31)24-13-5-9-20-10-6-14-27-25(20)24)18-22-11-7-15-28(22)17-21-8-3-4-12-23(21)26/h3-15,19H,16-18H2,1-2H3. The molecule has 0 aliphatic carbocycles. The van der Waals surface area contributed by atoms with Gasteiger partial charge in [0.15, 0.2) is 0 Å². The van der Waals surface area contributed by atoms with Crippen molar-refractivity contribution >= 4 is 32.5 Å². The highest BCUT2D eigenvalue weighted by molar-refractivity contribution is 7.89. The van der Waals surface area contributed by atoms with Crippen LogP contribution in [0.3, 0.4) is 0 Å². The summed E-state index contributed by atoms with van der Waals surface area (Å²) >= 11 is 6.35. The van der Waals surface area contributed by atoms with Crippen molar-refractivity contribution in [1.82, 2.24) is 13.9 Å². The second-order valence-electron chi connectivity index (χ2n) is 8.24. The highest BCUT2D eigenvalue weighted by atomic mass is 35.5. The Morgan fingerprint density at radius 2 is 1.78 bits per heavy atom. The van der Waals surface area contributed by atoms with Crippen LogP contribution in [0.5, 0.6) is 0 Å². The third-order valence-corrected chi connectivity index (χ3v) is 7.55. The molecule has 2 aromatic heterocycles. The molecule has 2 heterocycles. The monoisotopic (exact) mass is 467 g/mol. The predicted molar refractivity (Wildman–Crippen MR) is 129 cm³/mol. The molecule has 0 spiro atoms. The van der Waals surface area contributed by atoms with Crippen molar-refractivity contribution < 1.29 is 8.42 Å². The van der Waals surface area contributed by atoms with Gasteiger partial charge >= 0.3 is 0 Å². The molecule has 4 rings (SSSR count). The summed E-state index contributed by atoms with van der Waals surface area (Å²) in [4.78, 5) is 4.60. The van der Waals surface area contributed by atoms with E-state index in [9.17, 15) is 8.42 Å². The van der Waals surface area contributed by atoms with E-state index in [1.807, 2.05) is 79.2 Å². The largest absolute Gasteiger partial charge is 0.346 e. The summed E-state index contributed by atoms with van der Waals surface area (Å²) in [6, 6.07) is 20.6. The number of fused-ring (bicyclic) bond motifs is 1. The van der Waals surface area contributed by atoms with Gasteiger partial charge in [-0.1, -0.05) is 61.8 Å². The maximum atomic E-state index is 13.8. The third kappa shape index (κ3) is 4.72. The van der Waals surface area contributed by atoms with Crippen LogP contribution in [0.15, 0.2) is 84.0 Å². The molecule has 0 atom stereocenters. The van der Waals surface area contributed by atoms with Crippen molar-refractivity contribution in [3.63, 3.8) is 0 Å². The molecular formula is C25H26ClN3O2S. The van der Waals surface area contributed by atoms with Crippen LogP contribution in [0, 0.1) is 5.92 Å². The lowest BCUT2D eigenvalue weighted by Crippen LogP contribution is -2.34. The number of hydrogen-bond acceptors (Lipinski definition) is 3. The number of aromatic nitrogens is 2. The molecule has 0 aliphatic heterocycles. The van der Waals surface area contributed by atoms with Crippen molar-refractivity contribution in [2.24, 2.45) is 5.92 Å². The van der Waals surface area contributed by atoms with E-state index in [2.05, 4.69) is 4.98 Å². The summed E-state index contributed by atoms with van der Waals surface area (Å²) in [5, 5.41) is 1.50. The maximum Gasteiger partial charge on any atom is 0.245 e. The van der Waals surface area contributed by atoms with Gasteiger partial charge in [-0.15, -0.1) is 0 Å². The fraction of sp³-hybridized carbons (Fsp3) is 0.240. The molecule has 0 N–H and O–H groups in total. The van der Waals surface area contributed by atoms with Crippen molar-refractivity contribution in [3.05, 3.63) is 95.4 Å². The average molecular weight is 468 g/mol. The lowest BCUT2D eigenvalue weighted by Gasteiger charge is -2.25. The van der Waals surface area contributed by atoms with Gasteiger partial charge in [0.05, 0.1) is 12.1 Å². The van der Waals surface area contributed by atoms with Gasteiger partial charge in [-0.05, 0) is 41.8 Å². The number of pyridine rings is 1. The summed E-state index contributed by atoms with van der Waals surface area (Å²) in [5.74, 6) is 0.166. The fourth-order valence-corrected chi connectivity index (χ4v) is 5.75. The molecule has 4 aromatic rings. The van der Waals surface area contributed by atoms with Crippen LogP contribution in [-0.2, 0) is 23.1 Å². The molecule has 5 nitrogen and oxygen atoms in total. The Morgan fingerprint density at radius 3 is 2.56 bits per heavy atom. The Kier molecular flexibility index (Phi) is 6.65. The van der Waals surface area contributed by atoms with E-state index >= 15 is 0 Å². The van der Waals surface area contributed by atoms with Crippen molar-refractivity contribution in [3.8, 4) is 0 Å². The van der Waals surface area contributed by atoms with Crippen molar-refractivity contribution in [2.45, 2.75) is 31.8 Å². The summed E-state index contributed by atoms with van der Waals surface area (Å²) < 4.78 is 31.2. The minimum Gasteiger partial charge on any atom is -0.346 e. The van der Waals surface area contributed by atoms with Crippen LogP contribution in [0.4, 0.5) is 0 Å². The zero-order chi connectivity index (χ0) is 22.7. The zero-order valence-electron chi connectivity index (χ0n) is 18.1. The minimum atomic E-state index is -3.77. The van der Waals surface area contributed by atoms with Crippen LogP contribution in [-0.4, -0.2) is 28.8 Å². The van der Waals surface area contributed by atoms with E-state index in [0.717, 1.165) is 16.6 Å². The molecule has 32 heavy (non-hydrogen) atoms. The molecule has 0 saturated carbocycles. The van der Waals surface area contributed by atoms with Gasteiger partial charge in [-0.3, -0.25) is 4.98 Å². The first-order chi connectivity index (χ1) is 15.4. The van der Waals surface area contributed by atoms with E-state index in [1.165, 1.54) is 0 Å². The molecule has 0 aliphatic rings. The summed E-state index contributed by atoms with van der Waals surface area (Å²) in [5.41, 5.74) is 2.39. The van der Waals surface area contributed by atoms with Gasteiger partial charge in [0, 0.05) is 41.6 Å². The normalized spacial score (nSPS) is 12.2. The number of rotatable bonds is 8. The first-order valence-corrected chi connectivity index (χ1v) is 12.4. The molecule has 0 amide bonds. The average Bonchev–Trinajstić information content (AvgIpc) is 3.20. The van der Waals surface area contributed by atoms with Gasteiger partial charge in [0.2, 0.25) is 10.0 Å². The van der Waals surface area contributed by atoms with Crippen LogP contribution < -0.4 is 0 Å². The Morgan fingerprint density at radius 1 is 1.00 bits per heavy atom. The molecule has 0 bridgehead atoms. The molecule has 0 saturated heterocycles. The highest BCUT2D eigenvalue weighted by Crippen LogP contribution is 2.26. The van der Waals surface area contributed by atoms with E-state index < -0.39 is 10.0 Å². The highest BCUT2D eigenvalue weighted by Gasteiger charge is 2.28. The first kappa shape index (κ1) is 22.5. The summed E-state index contributed by atoms with van der Waals surface area (Å²) in [7, 11) is -3.77. The van der Waals surface area contributed by atoms with E-state index in [0.29, 0.717) is 23.6 Å². The quantitative estimate of drug-likeness (QED) is 0.339. The van der Waals surface area contributed by atoms with Crippen LogP contribution in [0.1, 0.15) is 25.1 Å². The predicted octanol–water partition coefficient (Wildman–Crippen LogP) is 5.58. The second-order valence-corrected chi connectivity index (χ2v) is 10.6. The number of hydrogen-bond donors (Lipinski definition) is 0. The first-order valence-electron chi connectivity index (χ1n) is 10.6. The summed E-state index contributed by atoms with van der Waals surface area (Å²) in [6.45, 7) is 5.29. The van der Waals surface area contributed by atoms with E-state index in [-0.39, 0.29) is 17.4 Å². The van der Waals surface area contributed by atoms with Gasteiger partial charge in [-0.25, -0.2) is 8.42 Å². The maximum absolute atomic E-state index is 13.8. The molecule has 2 aromatic carbocycles. The van der Waals surface area contributed by atoms with Crippen molar-refractivity contribution in [1.29, 1.82) is 0 Å². The number of nitrogens with zero attached hydrogens (tertiary/aromatic N) is 3. The smallest absolute Gasteiger partial charge is 0.245 e. The van der Waals surface area contributed by atoms with Crippen LogP contribution >= 0.6 is 11.6 Å². The Labute approximate surface area is 194 Å². The fourth-order valence-electron chi connectivity index (χ4n) is 3.82. The molecule has 166 valence electrons. The molecular weight excluding hydrogens is 442 g/mol. The molecule has 0 unspecified atom stereocenters. The van der Waals surface area contributed by atoms with Crippen molar-refractivity contribution in [2.75, 3.05) is 6.54 Å². The SMILES string of the molecule is CC(C)CN(Cc1cccn1Cc1ccccc1Cl)S(=O)(=O)c1cccc2cccnc12.